The van der Waals surface area contributed by atoms with Gasteiger partial charge in [-0.2, -0.15) is 0 Å². The summed E-state index contributed by atoms with van der Waals surface area (Å²) < 4.78 is 5.27. The van der Waals surface area contributed by atoms with Crippen molar-refractivity contribution in [1.82, 2.24) is 5.32 Å². The number of hydrogen-bond acceptors (Lipinski definition) is 3. The summed E-state index contributed by atoms with van der Waals surface area (Å²) >= 11 is 0. The zero-order chi connectivity index (χ0) is 13.1. The standard InChI is InChI=1S/C15H29NO2/c1-2-3-10-16-11-7-12-18-15(17)13-14-8-5-4-6-9-14/h14,16H,2-13H2,1H3. The molecule has 1 rings (SSSR count). The van der Waals surface area contributed by atoms with Crippen LogP contribution in [0.5, 0.6) is 0 Å². The van der Waals surface area contributed by atoms with E-state index in [1.54, 1.807) is 0 Å². The number of rotatable bonds is 9. The van der Waals surface area contributed by atoms with E-state index in [0.29, 0.717) is 18.9 Å². The highest BCUT2D eigenvalue weighted by atomic mass is 16.5. The lowest BCUT2D eigenvalue weighted by molar-refractivity contribution is -0.145. The summed E-state index contributed by atoms with van der Waals surface area (Å²) in [5.74, 6) is 0.601. The first-order chi connectivity index (χ1) is 8.83. The molecular weight excluding hydrogens is 226 g/mol. The molecule has 3 heteroatoms. The SMILES string of the molecule is CCCCNCCCOC(=O)CC1CCCCC1. The molecule has 106 valence electrons. The molecule has 0 heterocycles. The molecular formula is C15H29NO2. The first-order valence-corrected chi connectivity index (χ1v) is 7.69. The van der Waals surface area contributed by atoms with Gasteiger partial charge in [0.05, 0.1) is 6.61 Å². The van der Waals surface area contributed by atoms with Crippen molar-refractivity contribution in [2.75, 3.05) is 19.7 Å². The topological polar surface area (TPSA) is 38.3 Å². The summed E-state index contributed by atoms with van der Waals surface area (Å²) in [7, 11) is 0. The van der Waals surface area contributed by atoms with Crippen LogP contribution in [0.25, 0.3) is 0 Å². The highest BCUT2D eigenvalue weighted by molar-refractivity contribution is 5.69. The monoisotopic (exact) mass is 255 g/mol. The van der Waals surface area contributed by atoms with E-state index in [4.69, 9.17) is 4.74 Å². The average molecular weight is 255 g/mol. The van der Waals surface area contributed by atoms with Gasteiger partial charge in [0.25, 0.3) is 0 Å². The molecule has 0 bridgehead atoms. The lowest BCUT2D eigenvalue weighted by Gasteiger charge is -2.20. The van der Waals surface area contributed by atoms with Gasteiger partial charge in [-0.05, 0) is 44.7 Å². The molecule has 0 aliphatic heterocycles. The predicted molar refractivity (Wildman–Crippen MR) is 74.5 cm³/mol. The number of carbonyl (C=O) groups is 1. The molecule has 1 aliphatic carbocycles. The van der Waals surface area contributed by atoms with E-state index >= 15 is 0 Å². The van der Waals surface area contributed by atoms with Gasteiger partial charge in [-0.1, -0.05) is 32.6 Å². The van der Waals surface area contributed by atoms with Crippen LogP contribution in [0.2, 0.25) is 0 Å². The van der Waals surface area contributed by atoms with E-state index in [-0.39, 0.29) is 5.97 Å². The number of carbonyl (C=O) groups excluding carboxylic acids is 1. The normalized spacial score (nSPS) is 16.7. The van der Waals surface area contributed by atoms with Crippen molar-refractivity contribution in [3.63, 3.8) is 0 Å². The van der Waals surface area contributed by atoms with Crippen LogP contribution >= 0.6 is 0 Å². The molecule has 0 aromatic carbocycles. The Bertz CT molecular complexity index is 213. The van der Waals surface area contributed by atoms with Crippen LogP contribution in [0.3, 0.4) is 0 Å². The average Bonchev–Trinajstić information content (AvgIpc) is 2.39. The number of esters is 1. The number of unbranched alkanes of at least 4 members (excludes halogenated alkanes) is 1. The van der Waals surface area contributed by atoms with Gasteiger partial charge in [0.1, 0.15) is 0 Å². The molecule has 1 aliphatic rings. The lowest BCUT2D eigenvalue weighted by atomic mass is 9.87. The van der Waals surface area contributed by atoms with E-state index in [2.05, 4.69) is 12.2 Å². The maximum atomic E-state index is 11.6. The van der Waals surface area contributed by atoms with E-state index in [1.807, 2.05) is 0 Å². The second-order valence-electron chi connectivity index (χ2n) is 5.39. The quantitative estimate of drug-likeness (QED) is 0.507. The molecule has 3 nitrogen and oxygen atoms in total. The molecule has 0 aromatic heterocycles. The van der Waals surface area contributed by atoms with Gasteiger partial charge in [-0.15, -0.1) is 0 Å². The summed E-state index contributed by atoms with van der Waals surface area (Å²) in [6.45, 7) is 4.79. The minimum absolute atomic E-state index is 0.00968. The smallest absolute Gasteiger partial charge is 0.306 e. The fraction of sp³-hybridized carbons (Fsp3) is 0.933. The van der Waals surface area contributed by atoms with Gasteiger partial charge in [-0.3, -0.25) is 4.79 Å². The van der Waals surface area contributed by atoms with Crippen molar-refractivity contribution in [3.05, 3.63) is 0 Å². The largest absolute Gasteiger partial charge is 0.466 e. The molecule has 0 amide bonds. The zero-order valence-corrected chi connectivity index (χ0v) is 11.9. The molecule has 18 heavy (non-hydrogen) atoms. The fourth-order valence-corrected chi connectivity index (χ4v) is 2.50. The minimum Gasteiger partial charge on any atom is -0.466 e. The van der Waals surface area contributed by atoms with Crippen LogP contribution in [-0.4, -0.2) is 25.7 Å². The molecule has 1 saturated carbocycles. The molecule has 1 fully saturated rings. The zero-order valence-electron chi connectivity index (χ0n) is 11.9. The number of ether oxygens (including phenoxy) is 1. The molecule has 0 aromatic rings. The summed E-state index contributed by atoms with van der Waals surface area (Å²) in [6, 6.07) is 0. The third-order valence-electron chi connectivity index (χ3n) is 3.65. The van der Waals surface area contributed by atoms with Crippen LogP contribution in [0, 0.1) is 5.92 Å². The van der Waals surface area contributed by atoms with E-state index in [9.17, 15) is 4.79 Å². The summed E-state index contributed by atoms with van der Waals surface area (Å²) in [6.07, 6.45) is 10.4. The first kappa shape index (κ1) is 15.5. The maximum absolute atomic E-state index is 11.6. The Morgan fingerprint density at radius 3 is 2.61 bits per heavy atom. The van der Waals surface area contributed by atoms with Crippen LogP contribution in [0.1, 0.15) is 64.7 Å². The van der Waals surface area contributed by atoms with E-state index < -0.39 is 0 Å². The van der Waals surface area contributed by atoms with Gasteiger partial charge >= 0.3 is 5.97 Å². The van der Waals surface area contributed by atoms with Crippen molar-refractivity contribution in [3.8, 4) is 0 Å². The van der Waals surface area contributed by atoms with Crippen LogP contribution < -0.4 is 5.32 Å². The Morgan fingerprint density at radius 2 is 1.89 bits per heavy atom. The Kier molecular flexibility index (Phi) is 8.92. The van der Waals surface area contributed by atoms with Gasteiger partial charge < -0.3 is 10.1 Å². The summed E-state index contributed by atoms with van der Waals surface area (Å²) in [5.41, 5.74) is 0. The lowest BCUT2D eigenvalue weighted by Crippen LogP contribution is -2.19. The fourth-order valence-electron chi connectivity index (χ4n) is 2.50. The summed E-state index contributed by atoms with van der Waals surface area (Å²) in [4.78, 5) is 11.6. The second kappa shape index (κ2) is 10.4. The molecule has 0 unspecified atom stereocenters. The Labute approximate surface area is 112 Å². The molecule has 0 saturated heterocycles. The third kappa shape index (κ3) is 7.70. The minimum atomic E-state index is 0.00968. The van der Waals surface area contributed by atoms with Gasteiger partial charge in [0, 0.05) is 6.42 Å². The number of hydrogen-bond donors (Lipinski definition) is 1. The van der Waals surface area contributed by atoms with Gasteiger partial charge in [0.2, 0.25) is 0 Å². The van der Waals surface area contributed by atoms with Crippen LogP contribution in [-0.2, 0) is 9.53 Å². The van der Waals surface area contributed by atoms with Crippen molar-refractivity contribution in [2.24, 2.45) is 5.92 Å². The molecule has 0 radical (unpaired) electrons. The van der Waals surface area contributed by atoms with E-state index in [1.165, 1.54) is 44.9 Å². The Balaban J connectivity index is 1.90. The van der Waals surface area contributed by atoms with Crippen molar-refractivity contribution >= 4 is 5.97 Å². The summed E-state index contributed by atoms with van der Waals surface area (Å²) in [5, 5.41) is 3.35. The Morgan fingerprint density at radius 1 is 1.17 bits per heavy atom. The third-order valence-corrected chi connectivity index (χ3v) is 3.65. The van der Waals surface area contributed by atoms with Crippen molar-refractivity contribution in [1.29, 1.82) is 0 Å². The van der Waals surface area contributed by atoms with Crippen molar-refractivity contribution in [2.45, 2.75) is 64.7 Å². The first-order valence-electron chi connectivity index (χ1n) is 7.69. The highest BCUT2D eigenvalue weighted by Crippen LogP contribution is 2.26. The predicted octanol–water partition coefficient (Wildman–Crippen LogP) is 3.28. The number of nitrogens with one attached hydrogen (secondary N) is 1. The second-order valence-corrected chi connectivity index (χ2v) is 5.39. The highest BCUT2D eigenvalue weighted by Gasteiger charge is 2.17. The molecule has 0 atom stereocenters. The van der Waals surface area contributed by atoms with Crippen LogP contribution in [0.15, 0.2) is 0 Å². The van der Waals surface area contributed by atoms with Crippen molar-refractivity contribution < 1.29 is 9.53 Å². The maximum Gasteiger partial charge on any atom is 0.306 e. The molecule has 0 spiro atoms. The molecule has 1 N–H and O–H groups in total. The van der Waals surface area contributed by atoms with Gasteiger partial charge in [0.15, 0.2) is 0 Å². The van der Waals surface area contributed by atoms with E-state index in [0.717, 1.165) is 19.5 Å². The Hall–Kier alpha value is -0.570. The van der Waals surface area contributed by atoms with Gasteiger partial charge in [-0.25, -0.2) is 0 Å². The van der Waals surface area contributed by atoms with Crippen LogP contribution in [0.4, 0.5) is 0 Å².